The molecule has 112 valence electrons. The molecule has 0 aromatic heterocycles. The first-order valence-electron chi connectivity index (χ1n) is 6.97. The number of nitrogens with one attached hydrogen (secondary N) is 1. The molecule has 1 aromatic carbocycles. The van der Waals surface area contributed by atoms with Crippen LogP contribution in [0.25, 0.3) is 6.08 Å². The molecule has 0 radical (unpaired) electrons. The Bertz CT molecular complexity index is 562. The molecule has 1 aliphatic carbocycles. The lowest BCUT2D eigenvalue weighted by Gasteiger charge is -2.28. The zero-order valence-corrected chi connectivity index (χ0v) is 12.4. The van der Waals surface area contributed by atoms with Crippen LogP contribution in [0.5, 0.6) is 0 Å². The Morgan fingerprint density at radius 1 is 1.33 bits per heavy atom. The standard InChI is InChI=1S/C16H18ClNO3/c17-13-5-3-4-12(10-13)6-7-14(19)18-16(11-15(20)21)8-1-2-9-16/h3-7,10H,1-2,8-9,11H2,(H,18,19)(H,20,21). The highest BCUT2D eigenvalue weighted by molar-refractivity contribution is 6.30. The highest BCUT2D eigenvalue weighted by Gasteiger charge is 2.36. The molecule has 0 aliphatic heterocycles. The van der Waals surface area contributed by atoms with Crippen molar-refractivity contribution in [3.63, 3.8) is 0 Å². The van der Waals surface area contributed by atoms with Crippen LogP contribution in [-0.4, -0.2) is 22.5 Å². The van der Waals surface area contributed by atoms with Crippen LogP contribution >= 0.6 is 11.6 Å². The number of carboxylic acid groups (broad SMARTS) is 1. The number of benzene rings is 1. The zero-order chi connectivity index (χ0) is 15.3. The smallest absolute Gasteiger partial charge is 0.305 e. The zero-order valence-electron chi connectivity index (χ0n) is 11.6. The van der Waals surface area contributed by atoms with E-state index in [9.17, 15) is 9.59 Å². The molecular weight excluding hydrogens is 290 g/mol. The van der Waals surface area contributed by atoms with Crippen molar-refractivity contribution in [3.05, 3.63) is 40.9 Å². The molecule has 0 atom stereocenters. The molecule has 4 nitrogen and oxygen atoms in total. The molecule has 1 saturated carbocycles. The molecule has 0 unspecified atom stereocenters. The van der Waals surface area contributed by atoms with E-state index in [0.29, 0.717) is 5.02 Å². The highest BCUT2D eigenvalue weighted by Crippen LogP contribution is 2.32. The summed E-state index contributed by atoms with van der Waals surface area (Å²) in [4.78, 5) is 23.0. The normalized spacial score (nSPS) is 17.0. The summed E-state index contributed by atoms with van der Waals surface area (Å²) in [5.41, 5.74) is 0.234. The fraction of sp³-hybridized carbons (Fsp3) is 0.375. The second-order valence-electron chi connectivity index (χ2n) is 5.44. The Kier molecular flexibility index (Phi) is 5.02. The van der Waals surface area contributed by atoms with E-state index in [-0.39, 0.29) is 12.3 Å². The van der Waals surface area contributed by atoms with E-state index in [4.69, 9.17) is 16.7 Å². The summed E-state index contributed by atoms with van der Waals surface area (Å²) < 4.78 is 0. The average molecular weight is 308 g/mol. The minimum absolute atomic E-state index is 0.0241. The van der Waals surface area contributed by atoms with E-state index in [1.165, 1.54) is 6.08 Å². The van der Waals surface area contributed by atoms with Crippen molar-refractivity contribution >= 4 is 29.6 Å². The average Bonchev–Trinajstić information content (AvgIpc) is 2.83. The maximum atomic E-state index is 12.0. The number of carboxylic acids is 1. The summed E-state index contributed by atoms with van der Waals surface area (Å²) in [6.45, 7) is 0. The van der Waals surface area contributed by atoms with Crippen molar-refractivity contribution < 1.29 is 14.7 Å². The van der Waals surface area contributed by atoms with Crippen LogP contribution < -0.4 is 5.32 Å². The minimum Gasteiger partial charge on any atom is -0.481 e. The monoisotopic (exact) mass is 307 g/mol. The molecule has 21 heavy (non-hydrogen) atoms. The SMILES string of the molecule is O=C(O)CC1(NC(=O)C=Cc2cccc(Cl)c2)CCCC1. The number of halogens is 1. The van der Waals surface area contributed by atoms with Crippen LogP contribution in [0.2, 0.25) is 5.02 Å². The van der Waals surface area contributed by atoms with Gasteiger partial charge in [0.05, 0.1) is 12.0 Å². The van der Waals surface area contributed by atoms with E-state index in [2.05, 4.69) is 5.32 Å². The van der Waals surface area contributed by atoms with Gasteiger partial charge < -0.3 is 10.4 Å². The number of hydrogen-bond donors (Lipinski definition) is 2. The van der Waals surface area contributed by atoms with Crippen LogP contribution in [0.1, 0.15) is 37.7 Å². The first-order valence-corrected chi connectivity index (χ1v) is 7.35. The summed E-state index contributed by atoms with van der Waals surface area (Å²) in [7, 11) is 0. The maximum Gasteiger partial charge on any atom is 0.305 e. The quantitative estimate of drug-likeness (QED) is 0.821. The lowest BCUT2D eigenvalue weighted by Crippen LogP contribution is -2.47. The van der Waals surface area contributed by atoms with Gasteiger partial charge in [0.1, 0.15) is 0 Å². The number of carbonyl (C=O) groups excluding carboxylic acids is 1. The number of carbonyl (C=O) groups is 2. The van der Waals surface area contributed by atoms with Gasteiger partial charge in [-0.25, -0.2) is 0 Å². The first-order chi connectivity index (χ1) is 9.99. The van der Waals surface area contributed by atoms with E-state index >= 15 is 0 Å². The third-order valence-electron chi connectivity index (χ3n) is 3.71. The topological polar surface area (TPSA) is 66.4 Å². The molecule has 0 heterocycles. The molecule has 0 bridgehead atoms. The maximum absolute atomic E-state index is 12.0. The molecule has 0 saturated heterocycles. The second-order valence-corrected chi connectivity index (χ2v) is 5.87. The summed E-state index contributed by atoms with van der Waals surface area (Å²) in [5.74, 6) is -1.14. The Balaban J connectivity index is 2.01. The summed E-state index contributed by atoms with van der Waals surface area (Å²) in [6, 6.07) is 7.17. The number of hydrogen-bond acceptors (Lipinski definition) is 2. The third-order valence-corrected chi connectivity index (χ3v) is 3.95. The van der Waals surface area contributed by atoms with Gasteiger partial charge in [0, 0.05) is 11.1 Å². The Hall–Kier alpha value is -1.81. The van der Waals surface area contributed by atoms with Gasteiger partial charge in [-0.2, -0.15) is 0 Å². The molecule has 1 fully saturated rings. The van der Waals surface area contributed by atoms with Crippen LogP contribution in [0, 0.1) is 0 Å². The minimum atomic E-state index is -0.879. The van der Waals surface area contributed by atoms with Gasteiger partial charge in [0.25, 0.3) is 0 Å². The first kappa shape index (κ1) is 15.6. The fourth-order valence-corrected chi connectivity index (χ4v) is 2.97. The second kappa shape index (κ2) is 6.76. The fourth-order valence-electron chi connectivity index (χ4n) is 2.77. The largest absolute Gasteiger partial charge is 0.481 e. The summed E-state index contributed by atoms with van der Waals surface area (Å²) in [6.07, 6.45) is 6.41. The van der Waals surface area contributed by atoms with Crippen molar-refractivity contribution in [2.45, 2.75) is 37.6 Å². The Morgan fingerprint density at radius 3 is 2.67 bits per heavy atom. The van der Waals surface area contributed by atoms with E-state index in [1.54, 1.807) is 18.2 Å². The van der Waals surface area contributed by atoms with Crippen LogP contribution in [-0.2, 0) is 9.59 Å². The van der Waals surface area contributed by atoms with Crippen LogP contribution in [0.3, 0.4) is 0 Å². The van der Waals surface area contributed by atoms with Crippen molar-refractivity contribution in [1.82, 2.24) is 5.32 Å². The molecule has 5 heteroatoms. The van der Waals surface area contributed by atoms with E-state index < -0.39 is 11.5 Å². The number of aliphatic carboxylic acids is 1. The molecule has 1 aliphatic rings. The van der Waals surface area contributed by atoms with Gasteiger partial charge in [-0.15, -0.1) is 0 Å². The lowest BCUT2D eigenvalue weighted by atomic mass is 9.93. The number of amides is 1. The van der Waals surface area contributed by atoms with Crippen molar-refractivity contribution in [3.8, 4) is 0 Å². The van der Waals surface area contributed by atoms with Gasteiger partial charge in [-0.1, -0.05) is 36.6 Å². The van der Waals surface area contributed by atoms with Gasteiger partial charge in [0.15, 0.2) is 0 Å². The summed E-state index contributed by atoms with van der Waals surface area (Å²) >= 11 is 5.88. The predicted octanol–water partition coefficient (Wildman–Crippen LogP) is 3.26. The molecular formula is C16H18ClNO3. The third kappa shape index (κ3) is 4.60. The van der Waals surface area contributed by atoms with E-state index in [1.807, 2.05) is 12.1 Å². The van der Waals surface area contributed by atoms with Gasteiger partial charge in [-0.3, -0.25) is 9.59 Å². The lowest BCUT2D eigenvalue weighted by molar-refractivity contribution is -0.139. The van der Waals surface area contributed by atoms with Crippen molar-refractivity contribution in [2.24, 2.45) is 0 Å². The molecule has 1 aromatic rings. The molecule has 2 rings (SSSR count). The van der Waals surface area contributed by atoms with Gasteiger partial charge >= 0.3 is 5.97 Å². The Labute approximate surface area is 128 Å². The van der Waals surface area contributed by atoms with Crippen molar-refractivity contribution in [1.29, 1.82) is 0 Å². The van der Waals surface area contributed by atoms with Crippen LogP contribution in [0.4, 0.5) is 0 Å². The predicted molar refractivity (Wildman–Crippen MR) is 82.1 cm³/mol. The molecule has 0 spiro atoms. The highest BCUT2D eigenvalue weighted by atomic mass is 35.5. The summed E-state index contributed by atoms with van der Waals surface area (Å²) in [5, 5.41) is 12.5. The number of rotatable bonds is 5. The van der Waals surface area contributed by atoms with Gasteiger partial charge in [0.2, 0.25) is 5.91 Å². The molecule has 2 N–H and O–H groups in total. The van der Waals surface area contributed by atoms with Crippen molar-refractivity contribution in [2.75, 3.05) is 0 Å². The Morgan fingerprint density at radius 2 is 2.05 bits per heavy atom. The van der Waals surface area contributed by atoms with E-state index in [0.717, 1.165) is 31.2 Å². The molecule has 1 amide bonds. The van der Waals surface area contributed by atoms with Gasteiger partial charge in [-0.05, 0) is 36.6 Å². The van der Waals surface area contributed by atoms with Crippen LogP contribution in [0.15, 0.2) is 30.3 Å².